The smallest absolute Gasteiger partial charge is 0.257 e. The molecule has 0 saturated carbocycles. The van der Waals surface area contributed by atoms with Crippen molar-refractivity contribution >= 4 is 32.3 Å². The Kier molecular flexibility index (Phi) is 5.91. The number of hydrogen-bond donors (Lipinski definition) is 0. The Labute approximate surface area is 178 Å². The quantitative estimate of drug-likeness (QED) is 0.410. The van der Waals surface area contributed by atoms with Crippen molar-refractivity contribution in [3.63, 3.8) is 0 Å². The van der Waals surface area contributed by atoms with E-state index in [1.807, 2.05) is 36.6 Å². The molecule has 0 unspecified atom stereocenters. The van der Waals surface area contributed by atoms with Crippen LogP contribution in [0.3, 0.4) is 0 Å². The van der Waals surface area contributed by atoms with Crippen LogP contribution in [0.4, 0.5) is 0 Å². The lowest BCUT2D eigenvalue weighted by molar-refractivity contribution is 0.174. The SMILES string of the molecule is COCCN(Cc1nnc(-c2cccs2)o1)S(=O)(=O)c1cccc2cc(C)cnc12. The summed E-state index contributed by atoms with van der Waals surface area (Å²) in [6.45, 7) is 2.21. The Hall–Kier alpha value is -2.66. The molecular formula is C20H20N4O4S2. The van der Waals surface area contributed by atoms with Crippen LogP contribution in [0.5, 0.6) is 0 Å². The predicted molar refractivity (Wildman–Crippen MR) is 114 cm³/mol. The number of para-hydroxylation sites is 1. The molecule has 30 heavy (non-hydrogen) atoms. The minimum Gasteiger partial charge on any atom is -0.418 e. The zero-order chi connectivity index (χ0) is 21.1. The molecule has 0 aliphatic rings. The molecule has 0 aliphatic heterocycles. The van der Waals surface area contributed by atoms with E-state index in [-0.39, 0.29) is 30.5 Å². The largest absolute Gasteiger partial charge is 0.418 e. The molecule has 0 spiro atoms. The topological polar surface area (TPSA) is 98.4 Å². The number of hydrogen-bond acceptors (Lipinski definition) is 8. The predicted octanol–water partition coefficient (Wildman–Crippen LogP) is 3.49. The Morgan fingerprint density at radius 2 is 2.07 bits per heavy atom. The fraction of sp³-hybridized carbons (Fsp3) is 0.250. The Bertz CT molecular complexity index is 1250. The number of rotatable bonds is 8. The summed E-state index contributed by atoms with van der Waals surface area (Å²) in [7, 11) is -2.37. The standard InChI is InChI=1S/C20H20N4O4S2/c1-14-11-15-5-3-7-17(19(15)21-12-14)30(25,26)24(8-9-27-2)13-18-22-23-20(28-18)16-6-4-10-29-16/h3-7,10-12H,8-9,13H2,1-2H3. The summed E-state index contributed by atoms with van der Waals surface area (Å²) in [6, 6.07) is 10.8. The summed E-state index contributed by atoms with van der Waals surface area (Å²) >= 11 is 1.47. The van der Waals surface area contributed by atoms with Crippen LogP contribution < -0.4 is 0 Å². The molecule has 156 valence electrons. The van der Waals surface area contributed by atoms with E-state index in [1.54, 1.807) is 18.3 Å². The number of aryl methyl sites for hydroxylation is 1. The summed E-state index contributed by atoms with van der Waals surface area (Å²) in [5, 5.41) is 10.7. The molecule has 0 amide bonds. The number of aromatic nitrogens is 3. The summed E-state index contributed by atoms with van der Waals surface area (Å²) in [5.74, 6) is 0.577. The Morgan fingerprint density at radius 3 is 2.83 bits per heavy atom. The van der Waals surface area contributed by atoms with E-state index in [0.29, 0.717) is 11.4 Å². The van der Waals surface area contributed by atoms with Gasteiger partial charge in [-0.05, 0) is 36.1 Å². The van der Waals surface area contributed by atoms with Gasteiger partial charge in [0.15, 0.2) is 0 Å². The number of methoxy groups -OCH3 is 1. The first-order valence-electron chi connectivity index (χ1n) is 9.20. The molecule has 0 radical (unpaired) electrons. The van der Waals surface area contributed by atoms with Crippen molar-refractivity contribution in [1.29, 1.82) is 0 Å². The minimum absolute atomic E-state index is 0.0632. The number of pyridine rings is 1. The van der Waals surface area contributed by atoms with E-state index >= 15 is 0 Å². The maximum Gasteiger partial charge on any atom is 0.257 e. The maximum absolute atomic E-state index is 13.5. The molecule has 0 aliphatic carbocycles. The van der Waals surface area contributed by atoms with Gasteiger partial charge < -0.3 is 9.15 Å². The van der Waals surface area contributed by atoms with Gasteiger partial charge in [0, 0.05) is 25.2 Å². The first-order valence-corrected chi connectivity index (χ1v) is 11.5. The van der Waals surface area contributed by atoms with Crippen LogP contribution in [-0.2, 0) is 21.3 Å². The lowest BCUT2D eigenvalue weighted by Crippen LogP contribution is -2.33. The summed E-state index contributed by atoms with van der Waals surface area (Å²) < 4.78 is 39.1. The van der Waals surface area contributed by atoms with Gasteiger partial charge in [0.1, 0.15) is 4.90 Å². The van der Waals surface area contributed by atoms with Gasteiger partial charge in [-0.25, -0.2) is 8.42 Å². The Balaban J connectivity index is 1.69. The molecule has 4 rings (SSSR count). The van der Waals surface area contributed by atoms with Crippen molar-refractivity contribution < 1.29 is 17.6 Å². The van der Waals surface area contributed by atoms with Gasteiger partial charge in [-0.15, -0.1) is 21.5 Å². The molecule has 10 heteroatoms. The highest BCUT2D eigenvalue weighted by molar-refractivity contribution is 7.89. The van der Waals surface area contributed by atoms with E-state index in [0.717, 1.165) is 15.8 Å². The van der Waals surface area contributed by atoms with Gasteiger partial charge in [0.05, 0.1) is 23.5 Å². The Morgan fingerprint density at radius 1 is 1.20 bits per heavy atom. The van der Waals surface area contributed by atoms with Crippen LogP contribution in [0.15, 0.2) is 57.3 Å². The van der Waals surface area contributed by atoms with E-state index < -0.39 is 10.0 Å². The highest BCUT2D eigenvalue weighted by Crippen LogP contribution is 2.27. The second kappa shape index (κ2) is 8.60. The van der Waals surface area contributed by atoms with Crippen molar-refractivity contribution in [2.24, 2.45) is 0 Å². The van der Waals surface area contributed by atoms with E-state index in [1.165, 1.54) is 22.8 Å². The van der Waals surface area contributed by atoms with Gasteiger partial charge in [0.25, 0.3) is 5.89 Å². The van der Waals surface area contributed by atoms with Crippen molar-refractivity contribution in [3.05, 3.63) is 59.4 Å². The van der Waals surface area contributed by atoms with Gasteiger partial charge in [-0.3, -0.25) is 4.98 Å². The van der Waals surface area contributed by atoms with E-state index in [9.17, 15) is 8.42 Å². The second-order valence-electron chi connectivity index (χ2n) is 6.65. The molecule has 0 N–H and O–H groups in total. The number of fused-ring (bicyclic) bond motifs is 1. The third-order valence-corrected chi connectivity index (χ3v) is 7.22. The number of sulfonamides is 1. The minimum atomic E-state index is -3.89. The van der Waals surface area contributed by atoms with Crippen molar-refractivity contribution in [1.82, 2.24) is 19.5 Å². The molecule has 3 heterocycles. The van der Waals surface area contributed by atoms with Crippen LogP contribution >= 0.6 is 11.3 Å². The second-order valence-corrected chi connectivity index (χ2v) is 9.50. The molecule has 1 aromatic carbocycles. The van der Waals surface area contributed by atoms with Crippen LogP contribution in [0.25, 0.3) is 21.7 Å². The highest BCUT2D eigenvalue weighted by Gasteiger charge is 2.28. The monoisotopic (exact) mass is 444 g/mol. The summed E-state index contributed by atoms with van der Waals surface area (Å²) in [4.78, 5) is 5.33. The van der Waals surface area contributed by atoms with Crippen LogP contribution in [0.2, 0.25) is 0 Å². The number of benzene rings is 1. The van der Waals surface area contributed by atoms with Crippen LogP contribution in [0, 0.1) is 6.92 Å². The van der Waals surface area contributed by atoms with Crippen LogP contribution in [-0.4, -0.2) is 48.2 Å². The molecule has 4 aromatic rings. The number of nitrogens with zero attached hydrogens (tertiary/aromatic N) is 4. The fourth-order valence-corrected chi connectivity index (χ4v) is 5.22. The lowest BCUT2D eigenvalue weighted by atomic mass is 10.2. The van der Waals surface area contributed by atoms with Gasteiger partial charge >= 0.3 is 0 Å². The fourth-order valence-electron chi connectivity index (χ4n) is 3.04. The van der Waals surface area contributed by atoms with Gasteiger partial charge in [-0.1, -0.05) is 18.2 Å². The molecule has 0 saturated heterocycles. The molecular weight excluding hydrogens is 424 g/mol. The van der Waals surface area contributed by atoms with E-state index in [4.69, 9.17) is 9.15 Å². The number of thiophene rings is 1. The van der Waals surface area contributed by atoms with Crippen molar-refractivity contribution in [3.8, 4) is 10.8 Å². The average Bonchev–Trinajstić information content (AvgIpc) is 3.42. The molecule has 0 bridgehead atoms. The summed E-state index contributed by atoms with van der Waals surface area (Å²) in [5.41, 5.74) is 1.38. The zero-order valence-corrected chi connectivity index (χ0v) is 18.1. The van der Waals surface area contributed by atoms with Gasteiger partial charge in [-0.2, -0.15) is 4.31 Å². The first-order chi connectivity index (χ1) is 14.5. The number of ether oxygens (including phenoxy) is 1. The molecule has 0 fully saturated rings. The van der Waals surface area contributed by atoms with Crippen molar-refractivity contribution in [2.45, 2.75) is 18.4 Å². The maximum atomic E-state index is 13.5. The highest BCUT2D eigenvalue weighted by atomic mass is 32.2. The van der Waals surface area contributed by atoms with Crippen molar-refractivity contribution in [2.75, 3.05) is 20.3 Å². The van der Waals surface area contributed by atoms with E-state index in [2.05, 4.69) is 15.2 Å². The first kappa shape index (κ1) is 20.6. The molecule has 3 aromatic heterocycles. The summed E-state index contributed by atoms with van der Waals surface area (Å²) in [6.07, 6.45) is 1.66. The molecule has 0 atom stereocenters. The van der Waals surface area contributed by atoms with Crippen LogP contribution in [0.1, 0.15) is 11.5 Å². The molecule has 8 nitrogen and oxygen atoms in total. The average molecular weight is 445 g/mol. The lowest BCUT2D eigenvalue weighted by Gasteiger charge is -2.21. The van der Waals surface area contributed by atoms with Gasteiger partial charge in [0.2, 0.25) is 15.9 Å². The zero-order valence-electron chi connectivity index (χ0n) is 16.5. The third-order valence-electron chi connectivity index (χ3n) is 4.48. The third kappa shape index (κ3) is 4.12. The normalized spacial score (nSPS) is 12.1.